The molecule has 0 saturated heterocycles. The highest BCUT2D eigenvalue weighted by Crippen LogP contribution is 2.07. The summed E-state index contributed by atoms with van der Waals surface area (Å²) < 4.78 is 2.06. The van der Waals surface area contributed by atoms with Crippen molar-refractivity contribution in [3.8, 4) is 0 Å². The molecule has 1 aromatic rings. The molecule has 0 spiro atoms. The van der Waals surface area contributed by atoms with Crippen LogP contribution in [0.25, 0.3) is 0 Å². The Bertz CT molecular complexity index is 278. The van der Waals surface area contributed by atoms with E-state index >= 15 is 0 Å². The Morgan fingerprint density at radius 1 is 1.36 bits per heavy atom. The number of hydrogen-bond acceptors (Lipinski definition) is 2. The number of nitrogens with two attached hydrogens (primary N) is 1. The Kier molecular flexibility index (Phi) is 4.14. The summed E-state index contributed by atoms with van der Waals surface area (Å²) in [5.74, 6) is 0. The molecule has 80 valence electrons. The highest BCUT2D eigenvalue weighted by Gasteiger charge is 2.07. The molecular formula is C11H21N3. The van der Waals surface area contributed by atoms with Crippen molar-refractivity contribution < 1.29 is 0 Å². The van der Waals surface area contributed by atoms with E-state index < -0.39 is 0 Å². The maximum absolute atomic E-state index is 5.92. The molecule has 0 aromatic carbocycles. The Balaban J connectivity index is 2.78. The van der Waals surface area contributed by atoms with Crippen LogP contribution in [0.2, 0.25) is 0 Å². The van der Waals surface area contributed by atoms with Crippen LogP contribution in [-0.4, -0.2) is 15.8 Å². The fourth-order valence-electron chi connectivity index (χ4n) is 1.48. The summed E-state index contributed by atoms with van der Waals surface area (Å²) in [7, 11) is 0. The molecule has 0 radical (unpaired) electrons. The van der Waals surface area contributed by atoms with Crippen LogP contribution >= 0.6 is 0 Å². The molecule has 14 heavy (non-hydrogen) atoms. The van der Waals surface area contributed by atoms with Crippen LogP contribution in [0.3, 0.4) is 0 Å². The zero-order valence-electron chi connectivity index (χ0n) is 9.45. The van der Waals surface area contributed by atoms with E-state index in [1.807, 2.05) is 0 Å². The summed E-state index contributed by atoms with van der Waals surface area (Å²) >= 11 is 0. The van der Waals surface area contributed by atoms with Crippen LogP contribution < -0.4 is 5.73 Å². The van der Waals surface area contributed by atoms with Crippen molar-refractivity contribution in [2.45, 2.75) is 52.6 Å². The third kappa shape index (κ3) is 2.58. The Labute approximate surface area is 86.3 Å². The van der Waals surface area contributed by atoms with Crippen LogP contribution in [0.4, 0.5) is 0 Å². The van der Waals surface area contributed by atoms with Gasteiger partial charge in [0.25, 0.3) is 0 Å². The first-order chi connectivity index (χ1) is 6.71. The van der Waals surface area contributed by atoms with Crippen molar-refractivity contribution >= 4 is 0 Å². The molecule has 3 nitrogen and oxygen atoms in total. The third-order valence-electron chi connectivity index (χ3n) is 2.57. The standard InChI is InChI=1S/C11H21N3/c1-4-9(12)8-14-11(6-3)7-10(5-2)13-14/h7,9H,4-6,8,12H2,1-3H3. The van der Waals surface area contributed by atoms with E-state index in [0.717, 1.165) is 25.8 Å². The molecule has 0 fully saturated rings. The van der Waals surface area contributed by atoms with E-state index in [9.17, 15) is 0 Å². The van der Waals surface area contributed by atoms with Gasteiger partial charge in [0.1, 0.15) is 0 Å². The van der Waals surface area contributed by atoms with Gasteiger partial charge >= 0.3 is 0 Å². The molecule has 1 heterocycles. The van der Waals surface area contributed by atoms with E-state index in [2.05, 4.69) is 36.6 Å². The fraction of sp³-hybridized carbons (Fsp3) is 0.727. The summed E-state index contributed by atoms with van der Waals surface area (Å²) in [5.41, 5.74) is 8.39. The third-order valence-corrected chi connectivity index (χ3v) is 2.57. The maximum atomic E-state index is 5.92. The first-order valence-electron chi connectivity index (χ1n) is 5.52. The first-order valence-corrected chi connectivity index (χ1v) is 5.52. The molecule has 2 N–H and O–H groups in total. The average Bonchev–Trinajstić information content (AvgIpc) is 2.60. The largest absolute Gasteiger partial charge is 0.326 e. The molecule has 1 rings (SSSR count). The monoisotopic (exact) mass is 195 g/mol. The van der Waals surface area contributed by atoms with Crippen LogP contribution in [0.1, 0.15) is 38.6 Å². The molecule has 0 aliphatic rings. The predicted molar refractivity (Wildman–Crippen MR) is 59.2 cm³/mol. The van der Waals surface area contributed by atoms with E-state index in [0.29, 0.717) is 0 Å². The summed E-state index contributed by atoms with van der Waals surface area (Å²) in [5, 5.41) is 4.52. The normalized spacial score (nSPS) is 13.1. The van der Waals surface area contributed by atoms with Crippen LogP contribution in [-0.2, 0) is 19.4 Å². The molecule has 0 bridgehead atoms. The smallest absolute Gasteiger partial charge is 0.0624 e. The second-order valence-electron chi connectivity index (χ2n) is 3.68. The highest BCUT2D eigenvalue weighted by molar-refractivity contribution is 5.10. The molecule has 0 saturated carbocycles. The lowest BCUT2D eigenvalue weighted by molar-refractivity contribution is 0.484. The number of nitrogens with zero attached hydrogens (tertiary/aromatic N) is 2. The van der Waals surface area contributed by atoms with Crippen molar-refractivity contribution in [2.75, 3.05) is 0 Å². The van der Waals surface area contributed by atoms with Gasteiger partial charge in [-0.2, -0.15) is 5.10 Å². The lowest BCUT2D eigenvalue weighted by atomic mass is 10.2. The van der Waals surface area contributed by atoms with Gasteiger partial charge in [-0.25, -0.2) is 0 Å². The zero-order chi connectivity index (χ0) is 10.6. The molecule has 3 heteroatoms. The minimum atomic E-state index is 0.227. The van der Waals surface area contributed by atoms with Gasteiger partial charge in [0, 0.05) is 11.7 Å². The molecule has 1 unspecified atom stereocenters. The molecular weight excluding hydrogens is 174 g/mol. The Hall–Kier alpha value is -0.830. The lowest BCUT2D eigenvalue weighted by Gasteiger charge is -2.10. The van der Waals surface area contributed by atoms with Gasteiger partial charge in [0.05, 0.1) is 12.2 Å². The summed E-state index contributed by atoms with van der Waals surface area (Å²) in [6.07, 6.45) is 3.04. The minimum absolute atomic E-state index is 0.227. The second kappa shape index (κ2) is 5.15. The zero-order valence-corrected chi connectivity index (χ0v) is 9.45. The van der Waals surface area contributed by atoms with E-state index in [-0.39, 0.29) is 6.04 Å². The summed E-state index contributed by atoms with van der Waals surface area (Å²) in [4.78, 5) is 0. The van der Waals surface area contributed by atoms with Crippen molar-refractivity contribution in [1.82, 2.24) is 9.78 Å². The molecule has 0 aliphatic carbocycles. The highest BCUT2D eigenvalue weighted by atomic mass is 15.3. The summed E-state index contributed by atoms with van der Waals surface area (Å²) in [6, 6.07) is 2.41. The van der Waals surface area contributed by atoms with Gasteiger partial charge in [-0.05, 0) is 25.3 Å². The van der Waals surface area contributed by atoms with Gasteiger partial charge in [0.2, 0.25) is 0 Å². The predicted octanol–water partition coefficient (Wildman–Crippen LogP) is 1.75. The van der Waals surface area contributed by atoms with Crippen LogP contribution in [0, 0.1) is 0 Å². The first kappa shape index (κ1) is 11.2. The second-order valence-corrected chi connectivity index (χ2v) is 3.68. The van der Waals surface area contributed by atoms with Crippen molar-refractivity contribution in [3.05, 3.63) is 17.5 Å². The van der Waals surface area contributed by atoms with E-state index in [1.165, 1.54) is 11.4 Å². The summed E-state index contributed by atoms with van der Waals surface area (Å²) in [6.45, 7) is 7.25. The topological polar surface area (TPSA) is 43.8 Å². The van der Waals surface area contributed by atoms with Crippen molar-refractivity contribution in [3.63, 3.8) is 0 Å². The van der Waals surface area contributed by atoms with E-state index in [1.54, 1.807) is 0 Å². The van der Waals surface area contributed by atoms with Crippen LogP contribution in [0.5, 0.6) is 0 Å². The maximum Gasteiger partial charge on any atom is 0.0624 e. The fourth-order valence-corrected chi connectivity index (χ4v) is 1.48. The van der Waals surface area contributed by atoms with Gasteiger partial charge in [-0.15, -0.1) is 0 Å². The molecule has 1 atom stereocenters. The molecule has 0 aliphatic heterocycles. The van der Waals surface area contributed by atoms with E-state index in [4.69, 9.17) is 5.73 Å². The van der Waals surface area contributed by atoms with Crippen molar-refractivity contribution in [2.24, 2.45) is 5.73 Å². The lowest BCUT2D eigenvalue weighted by Crippen LogP contribution is -2.26. The molecule has 1 aromatic heterocycles. The van der Waals surface area contributed by atoms with Gasteiger partial charge in [-0.1, -0.05) is 20.8 Å². The number of hydrogen-bond donors (Lipinski definition) is 1. The minimum Gasteiger partial charge on any atom is -0.326 e. The Morgan fingerprint density at radius 3 is 2.57 bits per heavy atom. The number of aryl methyl sites for hydroxylation is 2. The van der Waals surface area contributed by atoms with Gasteiger partial charge in [0.15, 0.2) is 0 Å². The number of aromatic nitrogens is 2. The van der Waals surface area contributed by atoms with Gasteiger partial charge < -0.3 is 5.73 Å². The van der Waals surface area contributed by atoms with Crippen LogP contribution in [0.15, 0.2) is 6.07 Å². The van der Waals surface area contributed by atoms with Crippen molar-refractivity contribution in [1.29, 1.82) is 0 Å². The average molecular weight is 195 g/mol. The molecule has 0 amide bonds. The van der Waals surface area contributed by atoms with Gasteiger partial charge in [-0.3, -0.25) is 4.68 Å². The Morgan fingerprint density at radius 2 is 2.07 bits per heavy atom. The number of rotatable bonds is 5. The SMILES string of the molecule is CCc1cc(CC)n(CC(N)CC)n1. The quantitative estimate of drug-likeness (QED) is 0.778.